The van der Waals surface area contributed by atoms with Gasteiger partial charge in [0.1, 0.15) is 12.2 Å². The van der Waals surface area contributed by atoms with Crippen LogP contribution in [0.4, 0.5) is 18.9 Å². The first kappa shape index (κ1) is 15.6. The van der Waals surface area contributed by atoms with Gasteiger partial charge in [-0.1, -0.05) is 15.9 Å². The number of halogens is 4. The Bertz CT molecular complexity index is 664. The molecule has 0 fully saturated rings. The SMILES string of the molecule is Cc1cc(Br)ccc1NC(=O)c1cccn1CC(F)(F)F. The van der Waals surface area contributed by atoms with Crippen molar-refractivity contribution >= 4 is 27.5 Å². The summed E-state index contributed by atoms with van der Waals surface area (Å²) in [6.45, 7) is 0.608. The molecule has 112 valence electrons. The highest BCUT2D eigenvalue weighted by molar-refractivity contribution is 9.10. The lowest BCUT2D eigenvalue weighted by molar-refractivity contribution is -0.140. The summed E-state index contributed by atoms with van der Waals surface area (Å²) in [7, 11) is 0. The molecule has 0 radical (unpaired) electrons. The smallest absolute Gasteiger partial charge is 0.334 e. The zero-order valence-electron chi connectivity index (χ0n) is 11.0. The Hall–Kier alpha value is -1.76. The predicted octanol–water partition coefficient (Wildman–Crippen LogP) is 4.37. The summed E-state index contributed by atoms with van der Waals surface area (Å²) in [5, 5.41) is 2.62. The Morgan fingerprint density at radius 2 is 2.05 bits per heavy atom. The average Bonchev–Trinajstić information content (AvgIpc) is 2.78. The molecule has 1 N–H and O–H groups in total. The molecule has 0 aliphatic heterocycles. The molecule has 7 heteroatoms. The van der Waals surface area contributed by atoms with Crippen molar-refractivity contribution in [2.24, 2.45) is 0 Å². The van der Waals surface area contributed by atoms with Crippen LogP contribution in [-0.4, -0.2) is 16.7 Å². The van der Waals surface area contributed by atoms with Crippen molar-refractivity contribution in [3.63, 3.8) is 0 Å². The molecule has 21 heavy (non-hydrogen) atoms. The maximum Gasteiger partial charge on any atom is 0.406 e. The number of carbonyl (C=O) groups is 1. The Morgan fingerprint density at radius 1 is 1.33 bits per heavy atom. The van der Waals surface area contributed by atoms with Gasteiger partial charge in [0.05, 0.1) is 0 Å². The van der Waals surface area contributed by atoms with Crippen LogP contribution in [-0.2, 0) is 6.54 Å². The number of anilines is 1. The normalized spacial score (nSPS) is 11.5. The number of nitrogens with one attached hydrogen (secondary N) is 1. The predicted molar refractivity (Wildman–Crippen MR) is 77.3 cm³/mol. The number of carbonyl (C=O) groups excluding carboxylic acids is 1. The Labute approximate surface area is 127 Å². The van der Waals surface area contributed by atoms with E-state index in [-0.39, 0.29) is 5.69 Å². The number of rotatable bonds is 3. The number of hydrogen-bond acceptors (Lipinski definition) is 1. The second-order valence-corrected chi connectivity index (χ2v) is 5.47. The first-order valence-corrected chi connectivity index (χ1v) is 6.85. The molecule has 0 aliphatic rings. The summed E-state index contributed by atoms with van der Waals surface area (Å²) in [6.07, 6.45) is -3.14. The largest absolute Gasteiger partial charge is 0.406 e. The van der Waals surface area contributed by atoms with Crippen molar-refractivity contribution < 1.29 is 18.0 Å². The molecule has 2 aromatic rings. The fourth-order valence-electron chi connectivity index (χ4n) is 1.90. The van der Waals surface area contributed by atoms with Crippen molar-refractivity contribution in [2.75, 3.05) is 5.32 Å². The summed E-state index contributed by atoms with van der Waals surface area (Å²) in [5.74, 6) is -0.574. The Kier molecular flexibility index (Phi) is 4.41. The average molecular weight is 361 g/mol. The van der Waals surface area contributed by atoms with Crippen molar-refractivity contribution in [1.29, 1.82) is 0 Å². The van der Waals surface area contributed by atoms with Crippen molar-refractivity contribution in [2.45, 2.75) is 19.6 Å². The molecule has 1 amide bonds. The zero-order valence-corrected chi connectivity index (χ0v) is 12.6. The van der Waals surface area contributed by atoms with E-state index in [1.54, 1.807) is 19.1 Å². The van der Waals surface area contributed by atoms with Gasteiger partial charge in [-0.25, -0.2) is 0 Å². The van der Waals surface area contributed by atoms with E-state index in [1.807, 2.05) is 6.07 Å². The van der Waals surface area contributed by atoms with Gasteiger partial charge in [-0.3, -0.25) is 4.79 Å². The van der Waals surface area contributed by atoms with Crippen LogP contribution in [0.2, 0.25) is 0 Å². The van der Waals surface area contributed by atoms with Gasteiger partial charge in [0, 0.05) is 16.4 Å². The summed E-state index contributed by atoms with van der Waals surface area (Å²) >= 11 is 3.30. The van der Waals surface area contributed by atoms with Crippen molar-refractivity contribution in [1.82, 2.24) is 4.57 Å². The molecule has 1 aromatic heterocycles. The molecule has 0 unspecified atom stereocenters. The number of amides is 1. The topological polar surface area (TPSA) is 34.0 Å². The highest BCUT2D eigenvalue weighted by Crippen LogP contribution is 2.22. The molecule has 0 saturated heterocycles. The van der Waals surface area contributed by atoms with Gasteiger partial charge in [-0.15, -0.1) is 0 Å². The second kappa shape index (κ2) is 5.93. The molecule has 0 aliphatic carbocycles. The molecule has 0 atom stereocenters. The maximum atomic E-state index is 12.4. The first-order valence-electron chi connectivity index (χ1n) is 6.06. The van der Waals surface area contributed by atoms with Crippen LogP contribution in [0.1, 0.15) is 16.1 Å². The Balaban J connectivity index is 2.19. The minimum atomic E-state index is -4.37. The quantitative estimate of drug-likeness (QED) is 0.865. The summed E-state index contributed by atoms with van der Waals surface area (Å²) < 4.78 is 39.1. The minimum absolute atomic E-state index is 0.0327. The number of hydrogen-bond donors (Lipinski definition) is 1. The van der Waals surface area contributed by atoms with Crippen LogP contribution in [0.5, 0.6) is 0 Å². The van der Waals surface area contributed by atoms with E-state index in [4.69, 9.17) is 0 Å². The van der Waals surface area contributed by atoms with Gasteiger partial charge < -0.3 is 9.88 Å². The van der Waals surface area contributed by atoms with E-state index in [2.05, 4.69) is 21.2 Å². The number of nitrogens with zero attached hydrogens (tertiary/aromatic N) is 1. The lowest BCUT2D eigenvalue weighted by Gasteiger charge is -2.13. The molecule has 1 heterocycles. The molecule has 2 rings (SSSR count). The summed E-state index contributed by atoms with van der Waals surface area (Å²) in [5.41, 5.74) is 1.34. The number of aromatic nitrogens is 1. The van der Waals surface area contributed by atoms with Gasteiger partial charge in [0.25, 0.3) is 5.91 Å². The third-order valence-electron chi connectivity index (χ3n) is 2.85. The van der Waals surface area contributed by atoms with Gasteiger partial charge in [0.2, 0.25) is 0 Å². The first-order chi connectivity index (χ1) is 9.76. The number of alkyl halides is 3. The van der Waals surface area contributed by atoms with E-state index in [0.29, 0.717) is 5.69 Å². The van der Waals surface area contributed by atoms with Gasteiger partial charge in [0.15, 0.2) is 0 Å². The number of aryl methyl sites for hydroxylation is 1. The van der Waals surface area contributed by atoms with E-state index in [1.165, 1.54) is 18.3 Å². The van der Waals surface area contributed by atoms with Gasteiger partial charge in [-0.2, -0.15) is 13.2 Å². The van der Waals surface area contributed by atoms with Gasteiger partial charge in [-0.05, 0) is 42.8 Å². The molecule has 1 aromatic carbocycles. The van der Waals surface area contributed by atoms with Crippen molar-refractivity contribution in [3.8, 4) is 0 Å². The molecule has 0 saturated carbocycles. The lowest BCUT2D eigenvalue weighted by atomic mass is 10.2. The van der Waals surface area contributed by atoms with E-state index >= 15 is 0 Å². The van der Waals surface area contributed by atoms with Gasteiger partial charge >= 0.3 is 6.18 Å². The fraction of sp³-hybridized carbons (Fsp3) is 0.214. The van der Waals surface area contributed by atoms with Crippen LogP contribution < -0.4 is 5.32 Å². The third-order valence-corrected chi connectivity index (χ3v) is 3.34. The minimum Gasteiger partial charge on any atom is -0.334 e. The number of benzene rings is 1. The van der Waals surface area contributed by atoms with E-state index in [9.17, 15) is 18.0 Å². The van der Waals surface area contributed by atoms with Crippen LogP contribution in [0.3, 0.4) is 0 Å². The Morgan fingerprint density at radius 3 is 2.67 bits per heavy atom. The van der Waals surface area contributed by atoms with Crippen molar-refractivity contribution in [3.05, 3.63) is 52.3 Å². The molecular weight excluding hydrogens is 349 g/mol. The standard InChI is InChI=1S/C14H12BrF3N2O/c1-9-7-10(15)4-5-11(9)19-13(21)12-3-2-6-20(12)8-14(16,17)18/h2-7H,8H2,1H3,(H,19,21). The molecule has 3 nitrogen and oxygen atoms in total. The fourth-order valence-corrected chi connectivity index (χ4v) is 2.38. The van der Waals surface area contributed by atoms with E-state index < -0.39 is 18.6 Å². The van der Waals surface area contributed by atoms with Crippen LogP contribution >= 0.6 is 15.9 Å². The van der Waals surface area contributed by atoms with E-state index in [0.717, 1.165) is 14.6 Å². The van der Waals surface area contributed by atoms with Crippen LogP contribution in [0.25, 0.3) is 0 Å². The summed E-state index contributed by atoms with van der Waals surface area (Å²) in [4.78, 5) is 12.1. The second-order valence-electron chi connectivity index (χ2n) is 4.55. The molecule has 0 bridgehead atoms. The summed E-state index contributed by atoms with van der Waals surface area (Å²) in [6, 6.07) is 8.01. The van der Waals surface area contributed by atoms with Crippen LogP contribution in [0, 0.1) is 6.92 Å². The highest BCUT2D eigenvalue weighted by atomic mass is 79.9. The highest BCUT2D eigenvalue weighted by Gasteiger charge is 2.29. The molecular formula is C14H12BrF3N2O. The lowest BCUT2D eigenvalue weighted by Crippen LogP contribution is -2.23. The van der Waals surface area contributed by atoms with Crippen LogP contribution in [0.15, 0.2) is 41.0 Å². The third kappa shape index (κ3) is 4.10. The zero-order chi connectivity index (χ0) is 15.6. The maximum absolute atomic E-state index is 12.4. The monoisotopic (exact) mass is 360 g/mol. The molecule has 0 spiro atoms.